The Morgan fingerprint density at radius 2 is 1.85 bits per heavy atom. The summed E-state index contributed by atoms with van der Waals surface area (Å²) >= 11 is 18.6. The first-order chi connectivity index (χ1) is 12.3. The Morgan fingerprint density at radius 3 is 2.54 bits per heavy atom. The Kier molecular flexibility index (Phi) is 7.88. The minimum Gasteiger partial charge on any atom is -0.362 e. The van der Waals surface area contributed by atoms with Gasteiger partial charge in [-0.05, 0) is 48.1 Å². The molecule has 0 saturated carbocycles. The molecule has 0 aliphatic heterocycles. The fraction of sp³-hybridized carbons (Fsp3) is 0.235. The summed E-state index contributed by atoms with van der Waals surface area (Å²) < 4.78 is 38.1. The third-order valence-corrected chi connectivity index (χ3v) is 5.25. The fourth-order valence-corrected chi connectivity index (χ4v) is 3.35. The van der Waals surface area contributed by atoms with Gasteiger partial charge in [0.1, 0.15) is 0 Å². The average molecular weight is 439 g/mol. The maximum atomic E-state index is 12.7. The van der Waals surface area contributed by atoms with Gasteiger partial charge in [-0.3, -0.25) is 0 Å². The van der Waals surface area contributed by atoms with E-state index in [9.17, 15) is 13.2 Å². The van der Waals surface area contributed by atoms with Crippen molar-refractivity contribution in [1.29, 1.82) is 0 Å². The molecule has 0 aromatic heterocycles. The molecule has 2 N–H and O–H groups in total. The van der Waals surface area contributed by atoms with Crippen LogP contribution in [0.25, 0.3) is 0 Å². The normalized spacial score (nSPS) is 11.3. The van der Waals surface area contributed by atoms with Gasteiger partial charge in [0.2, 0.25) is 0 Å². The summed E-state index contributed by atoms with van der Waals surface area (Å²) in [5, 5.41) is 7.04. The molecule has 9 heteroatoms. The second-order valence-electron chi connectivity index (χ2n) is 5.26. The third-order valence-electron chi connectivity index (χ3n) is 3.23. The SMILES string of the molecule is FC(F)(F)c1cccc(NC(=S)NCCSCc2ccc(Cl)c(Cl)c2)c1. The molecule has 0 heterocycles. The molecule has 2 aromatic carbocycles. The van der Waals surface area contributed by atoms with Gasteiger partial charge in [-0.15, -0.1) is 0 Å². The molecule has 0 radical (unpaired) electrons. The number of thiocarbonyl (C=S) groups is 1. The van der Waals surface area contributed by atoms with E-state index < -0.39 is 11.7 Å². The summed E-state index contributed by atoms with van der Waals surface area (Å²) in [5.74, 6) is 1.54. The summed E-state index contributed by atoms with van der Waals surface area (Å²) in [6, 6.07) is 10.4. The second kappa shape index (κ2) is 9.69. The number of thioether (sulfide) groups is 1. The minimum atomic E-state index is -4.38. The van der Waals surface area contributed by atoms with Gasteiger partial charge in [-0.2, -0.15) is 24.9 Å². The molecule has 0 bridgehead atoms. The quantitative estimate of drug-likeness (QED) is 0.412. The molecular formula is C17H15Cl2F3N2S2. The zero-order chi connectivity index (χ0) is 19.2. The van der Waals surface area contributed by atoms with Gasteiger partial charge in [0, 0.05) is 23.7 Å². The van der Waals surface area contributed by atoms with Crippen LogP contribution in [0.3, 0.4) is 0 Å². The van der Waals surface area contributed by atoms with Crippen molar-refractivity contribution in [2.24, 2.45) is 0 Å². The van der Waals surface area contributed by atoms with Gasteiger partial charge in [0.15, 0.2) is 5.11 Å². The van der Waals surface area contributed by atoms with Crippen molar-refractivity contribution >= 4 is 58.0 Å². The summed E-state index contributed by atoms with van der Waals surface area (Å²) in [4.78, 5) is 0. The van der Waals surface area contributed by atoms with Crippen LogP contribution in [0.5, 0.6) is 0 Å². The molecular weight excluding hydrogens is 424 g/mol. The van der Waals surface area contributed by atoms with E-state index in [-0.39, 0.29) is 5.11 Å². The van der Waals surface area contributed by atoms with Crippen molar-refractivity contribution < 1.29 is 13.2 Å². The monoisotopic (exact) mass is 438 g/mol. The highest BCUT2D eigenvalue weighted by Gasteiger charge is 2.30. The average Bonchev–Trinajstić information content (AvgIpc) is 2.57. The molecule has 0 aliphatic rings. The first kappa shape index (κ1) is 21.2. The van der Waals surface area contributed by atoms with Crippen molar-refractivity contribution in [2.75, 3.05) is 17.6 Å². The fourth-order valence-electron chi connectivity index (χ4n) is 2.00. The largest absolute Gasteiger partial charge is 0.416 e. The van der Waals surface area contributed by atoms with E-state index >= 15 is 0 Å². The lowest BCUT2D eigenvalue weighted by molar-refractivity contribution is -0.137. The Labute approximate surface area is 169 Å². The molecule has 0 amide bonds. The van der Waals surface area contributed by atoms with Crippen LogP contribution in [0.4, 0.5) is 18.9 Å². The van der Waals surface area contributed by atoms with Crippen molar-refractivity contribution in [3.05, 3.63) is 63.6 Å². The van der Waals surface area contributed by atoms with Crippen LogP contribution in [-0.2, 0) is 11.9 Å². The Hall–Kier alpha value is -1.15. The predicted molar refractivity (Wildman–Crippen MR) is 108 cm³/mol. The first-order valence-electron chi connectivity index (χ1n) is 7.49. The highest BCUT2D eigenvalue weighted by Crippen LogP contribution is 2.30. The number of anilines is 1. The van der Waals surface area contributed by atoms with Crippen LogP contribution < -0.4 is 10.6 Å². The summed E-state index contributed by atoms with van der Waals surface area (Å²) in [6.45, 7) is 0.580. The van der Waals surface area contributed by atoms with E-state index in [0.29, 0.717) is 22.3 Å². The van der Waals surface area contributed by atoms with Crippen LogP contribution in [0.1, 0.15) is 11.1 Å². The van der Waals surface area contributed by atoms with Crippen molar-refractivity contribution in [3.63, 3.8) is 0 Å². The number of rotatable bonds is 6. The van der Waals surface area contributed by atoms with Crippen LogP contribution in [0.2, 0.25) is 10.0 Å². The molecule has 2 rings (SSSR count). The molecule has 0 unspecified atom stereocenters. The Balaban J connectivity index is 1.71. The smallest absolute Gasteiger partial charge is 0.362 e. The summed E-state index contributed by atoms with van der Waals surface area (Å²) in [6.07, 6.45) is -4.38. The zero-order valence-corrected chi connectivity index (χ0v) is 16.5. The third kappa shape index (κ3) is 6.87. The second-order valence-corrected chi connectivity index (χ2v) is 7.59. The molecule has 2 aromatic rings. The molecule has 0 aliphatic carbocycles. The number of hydrogen-bond acceptors (Lipinski definition) is 2. The first-order valence-corrected chi connectivity index (χ1v) is 9.81. The number of nitrogens with one attached hydrogen (secondary N) is 2. The Morgan fingerprint density at radius 1 is 1.08 bits per heavy atom. The van der Waals surface area contributed by atoms with Crippen molar-refractivity contribution in [2.45, 2.75) is 11.9 Å². The van der Waals surface area contributed by atoms with Crippen LogP contribution in [0.15, 0.2) is 42.5 Å². The summed E-state index contributed by atoms with van der Waals surface area (Å²) in [7, 11) is 0. The van der Waals surface area contributed by atoms with Gasteiger partial charge >= 0.3 is 6.18 Å². The standard InChI is InChI=1S/C17H15Cl2F3N2S2/c18-14-5-4-11(8-15(14)19)10-26-7-6-23-16(25)24-13-3-1-2-12(9-13)17(20,21)22/h1-5,8-9H,6-7,10H2,(H2,23,24,25). The molecule has 140 valence electrons. The summed E-state index contributed by atoms with van der Waals surface area (Å²) in [5.41, 5.74) is 0.636. The van der Waals surface area contributed by atoms with E-state index in [4.69, 9.17) is 35.4 Å². The molecule has 2 nitrogen and oxygen atoms in total. The van der Waals surface area contributed by atoms with E-state index in [0.717, 1.165) is 29.2 Å². The Bertz CT molecular complexity index is 770. The van der Waals surface area contributed by atoms with Crippen LogP contribution in [0, 0.1) is 0 Å². The molecule has 0 spiro atoms. The number of benzene rings is 2. The van der Waals surface area contributed by atoms with E-state index in [1.807, 2.05) is 12.1 Å². The van der Waals surface area contributed by atoms with Crippen molar-refractivity contribution in [1.82, 2.24) is 5.32 Å². The maximum Gasteiger partial charge on any atom is 0.416 e. The lowest BCUT2D eigenvalue weighted by Crippen LogP contribution is -2.30. The van der Waals surface area contributed by atoms with Gasteiger partial charge < -0.3 is 10.6 Å². The zero-order valence-electron chi connectivity index (χ0n) is 13.4. The highest BCUT2D eigenvalue weighted by molar-refractivity contribution is 7.98. The van der Waals surface area contributed by atoms with Gasteiger partial charge in [-0.1, -0.05) is 35.3 Å². The molecule has 0 fully saturated rings. The lowest BCUT2D eigenvalue weighted by atomic mass is 10.2. The highest BCUT2D eigenvalue weighted by atomic mass is 35.5. The molecule has 26 heavy (non-hydrogen) atoms. The topological polar surface area (TPSA) is 24.1 Å². The number of halogens is 5. The number of hydrogen-bond donors (Lipinski definition) is 2. The molecule has 0 saturated heterocycles. The number of alkyl halides is 3. The van der Waals surface area contributed by atoms with E-state index in [1.54, 1.807) is 17.8 Å². The van der Waals surface area contributed by atoms with Gasteiger partial charge in [-0.25, -0.2) is 0 Å². The van der Waals surface area contributed by atoms with E-state index in [2.05, 4.69) is 10.6 Å². The lowest BCUT2D eigenvalue weighted by Gasteiger charge is -2.12. The minimum absolute atomic E-state index is 0.277. The van der Waals surface area contributed by atoms with Crippen molar-refractivity contribution in [3.8, 4) is 0 Å². The van der Waals surface area contributed by atoms with Gasteiger partial charge in [0.25, 0.3) is 0 Å². The molecule has 0 atom stereocenters. The predicted octanol–water partition coefficient (Wildman–Crippen LogP) is 6.23. The maximum absolute atomic E-state index is 12.7. The van der Waals surface area contributed by atoms with Crippen LogP contribution in [-0.4, -0.2) is 17.4 Å². The van der Waals surface area contributed by atoms with E-state index in [1.165, 1.54) is 12.1 Å². The van der Waals surface area contributed by atoms with Crippen LogP contribution >= 0.6 is 47.2 Å². The van der Waals surface area contributed by atoms with Gasteiger partial charge in [0.05, 0.1) is 15.6 Å².